The molecule has 13 nitrogen and oxygen atoms in total. The molecule has 312 valence electrons. The normalized spacial score (nSPS) is 18.2. The maximum atomic E-state index is 14.9. The van der Waals surface area contributed by atoms with Crippen molar-refractivity contribution >= 4 is 35.7 Å². The van der Waals surface area contributed by atoms with E-state index in [9.17, 15) is 42.3 Å². The molecule has 3 aromatic rings. The number of carbonyl (C=O) groups is 5. The number of alkyl halides is 3. The first-order valence-electron chi connectivity index (χ1n) is 19.0. The van der Waals surface area contributed by atoms with Gasteiger partial charge in [0.2, 0.25) is 0 Å². The van der Waals surface area contributed by atoms with Crippen molar-refractivity contribution in [2.24, 2.45) is 0 Å². The minimum atomic E-state index is -5.12. The van der Waals surface area contributed by atoms with Crippen LogP contribution in [0.4, 0.5) is 28.4 Å². The van der Waals surface area contributed by atoms with Crippen molar-refractivity contribution in [2.75, 3.05) is 31.1 Å². The number of carbonyl (C=O) groups excluding carboxylic acids is 4. The molecule has 3 aromatic carbocycles. The van der Waals surface area contributed by atoms with Crippen LogP contribution in [0.25, 0.3) is 0 Å². The van der Waals surface area contributed by atoms with E-state index in [2.05, 4.69) is 0 Å². The lowest BCUT2D eigenvalue weighted by Gasteiger charge is -2.42. The molecular formula is C42H49F3N4O9. The van der Waals surface area contributed by atoms with Crippen molar-refractivity contribution in [1.82, 2.24) is 14.7 Å². The van der Waals surface area contributed by atoms with E-state index in [-0.39, 0.29) is 31.9 Å². The van der Waals surface area contributed by atoms with Crippen molar-refractivity contribution in [2.45, 2.75) is 97.0 Å². The highest BCUT2D eigenvalue weighted by molar-refractivity contribution is 6.15. The van der Waals surface area contributed by atoms with Crippen molar-refractivity contribution in [3.05, 3.63) is 95.1 Å². The fourth-order valence-electron chi connectivity index (χ4n) is 6.97. The van der Waals surface area contributed by atoms with Crippen LogP contribution >= 0.6 is 0 Å². The second-order valence-corrected chi connectivity index (χ2v) is 15.7. The average Bonchev–Trinajstić information content (AvgIpc) is 3.16. The number of hydrogen-bond acceptors (Lipinski definition) is 8. The summed E-state index contributed by atoms with van der Waals surface area (Å²) in [5, 5.41) is 10.1. The second-order valence-electron chi connectivity index (χ2n) is 15.7. The Bertz CT molecular complexity index is 1990. The molecule has 1 fully saturated rings. The molecule has 0 radical (unpaired) electrons. The minimum Gasteiger partial charge on any atom is -0.478 e. The van der Waals surface area contributed by atoms with Crippen molar-refractivity contribution in [3.8, 4) is 5.75 Å². The van der Waals surface area contributed by atoms with Gasteiger partial charge in [0.1, 0.15) is 18.0 Å². The van der Waals surface area contributed by atoms with Gasteiger partial charge in [0, 0.05) is 38.8 Å². The number of fused-ring (bicyclic) bond motifs is 1. The topological polar surface area (TPSA) is 146 Å². The Morgan fingerprint density at radius 1 is 0.983 bits per heavy atom. The first-order chi connectivity index (χ1) is 27.2. The molecule has 0 aliphatic carbocycles. The number of rotatable bonds is 11. The number of amides is 4. The van der Waals surface area contributed by atoms with E-state index in [1.807, 2.05) is 6.07 Å². The van der Waals surface area contributed by atoms with Crippen LogP contribution in [0.5, 0.6) is 5.75 Å². The van der Waals surface area contributed by atoms with Crippen LogP contribution in [-0.2, 0) is 38.4 Å². The summed E-state index contributed by atoms with van der Waals surface area (Å²) in [7, 11) is 0. The lowest BCUT2D eigenvalue weighted by atomic mass is 9.96. The zero-order chi connectivity index (χ0) is 42.6. The van der Waals surface area contributed by atoms with E-state index >= 15 is 0 Å². The smallest absolute Gasteiger partial charge is 0.417 e. The fraction of sp³-hybridized carbons (Fsp3) is 0.452. The molecule has 1 unspecified atom stereocenters. The van der Waals surface area contributed by atoms with E-state index in [1.165, 1.54) is 14.7 Å². The molecule has 5 rings (SSSR count). The monoisotopic (exact) mass is 810 g/mol. The van der Waals surface area contributed by atoms with Crippen LogP contribution in [0.3, 0.4) is 0 Å². The maximum absolute atomic E-state index is 14.9. The molecule has 0 bridgehead atoms. The number of aliphatic carboxylic acids is 1. The second kappa shape index (κ2) is 17.4. The molecule has 16 heteroatoms. The SMILES string of the molecule is CC(C)N(C(=O)c1cc2c(cc1C(F)(F)F)OC(C)(C(=O)O)C(=O)N2CCN(Cc1ccccc1)C(=O)OCc1ccccc1)[C@@H]1CCCN(C(=O)OC(C)(C)C)C1. The van der Waals surface area contributed by atoms with Gasteiger partial charge in [0.15, 0.2) is 0 Å². The lowest BCUT2D eigenvalue weighted by molar-refractivity contribution is -0.161. The van der Waals surface area contributed by atoms with E-state index < -0.39 is 82.9 Å². The number of piperidine rings is 1. The number of hydrogen-bond donors (Lipinski definition) is 1. The summed E-state index contributed by atoms with van der Waals surface area (Å²) in [6, 6.07) is 17.9. The Morgan fingerprint density at radius 3 is 2.17 bits per heavy atom. The van der Waals surface area contributed by atoms with Gasteiger partial charge in [0.05, 0.1) is 22.9 Å². The van der Waals surface area contributed by atoms with Gasteiger partial charge in [-0.1, -0.05) is 60.7 Å². The summed E-state index contributed by atoms with van der Waals surface area (Å²) in [5.41, 5.74) is -4.55. The molecule has 0 spiro atoms. The largest absolute Gasteiger partial charge is 0.478 e. The quantitative estimate of drug-likeness (QED) is 0.196. The van der Waals surface area contributed by atoms with Gasteiger partial charge in [-0.25, -0.2) is 14.4 Å². The fourth-order valence-corrected chi connectivity index (χ4v) is 6.97. The van der Waals surface area contributed by atoms with Crippen LogP contribution in [0.1, 0.15) is 81.4 Å². The Balaban J connectivity index is 1.53. The predicted octanol–water partition coefficient (Wildman–Crippen LogP) is 7.36. The summed E-state index contributed by atoms with van der Waals surface area (Å²) in [6.45, 7) is 8.95. The first-order valence-corrected chi connectivity index (χ1v) is 19.0. The predicted molar refractivity (Wildman–Crippen MR) is 206 cm³/mol. The zero-order valence-corrected chi connectivity index (χ0v) is 33.4. The van der Waals surface area contributed by atoms with Gasteiger partial charge in [0.25, 0.3) is 17.4 Å². The third-order valence-corrected chi connectivity index (χ3v) is 9.81. The highest BCUT2D eigenvalue weighted by atomic mass is 19.4. The third kappa shape index (κ3) is 10.0. The van der Waals surface area contributed by atoms with Gasteiger partial charge in [-0.15, -0.1) is 0 Å². The standard InChI is InChI=1S/C42H49F3N4O9/c1-27(2)49(30-18-13-19-46(25-30)39(55)58-40(3,4)5)35(50)31-22-33-34(23-32(31)42(43,44)45)57-41(6,37(52)53)36(51)48(33)21-20-47(24-28-14-9-7-10-15-28)38(54)56-26-29-16-11-8-12-17-29/h7-12,14-17,22-23,27,30H,13,18-21,24-26H2,1-6H3,(H,52,53)/t30-,41?/m1/s1. The summed E-state index contributed by atoms with van der Waals surface area (Å²) in [5.74, 6) is -4.51. The Labute approximate surface area is 335 Å². The Kier molecular flexibility index (Phi) is 13.0. The number of carboxylic acids is 1. The molecule has 0 aromatic heterocycles. The summed E-state index contributed by atoms with van der Waals surface area (Å²) < 4.78 is 61.5. The zero-order valence-electron chi connectivity index (χ0n) is 33.4. The van der Waals surface area contributed by atoms with Gasteiger partial charge < -0.3 is 38.9 Å². The Hall–Kier alpha value is -5.80. The maximum Gasteiger partial charge on any atom is 0.417 e. The number of anilines is 1. The lowest BCUT2D eigenvalue weighted by Crippen LogP contribution is -2.60. The number of nitrogens with zero attached hydrogens (tertiary/aromatic N) is 4. The third-order valence-electron chi connectivity index (χ3n) is 9.81. The van der Waals surface area contributed by atoms with Crippen molar-refractivity contribution in [1.29, 1.82) is 0 Å². The molecule has 1 saturated heterocycles. The average molecular weight is 811 g/mol. The van der Waals surface area contributed by atoms with E-state index in [0.717, 1.165) is 17.9 Å². The Morgan fingerprint density at radius 2 is 1.60 bits per heavy atom. The summed E-state index contributed by atoms with van der Waals surface area (Å²) in [6.07, 6.45) is -5.66. The molecule has 2 atom stereocenters. The minimum absolute atomic E-state index is 0.00738. The highest BCUT2D eigenvalue weighted by Gasteiger charge is 2.52. The molecule has 4 amide bonds. The molecule has 2 heterocycles. The van der Waals surface area contributed by atoms with Crippen LogP contribution in [-0.4, -0.2) is 99.2 Å². The van der Waals surface area contributed by atoms with Gasteiger partial charge in [-0.05, 0) is 77.6 Å². The molecule has 58 heavy (non-hydrogen) atoms. The molecular weight excluding hydrogens is 761 g/mol. The van der Waals surface area contributed by atoms with Gasteiger partial charge in [-0.3, -0.25) is 9.59 Å². The summed E-state index contributed by atoms with van der Waals surface area (Å²) in [4.78, 5) is 72.6. The van der Waals surface area contributed by atoms with Crippen molar-refractivity contribution in [3.63, 3.8) is 0 Å². The number of likely N-dealkylation sites (tertiary alicyclic amines) is 1. The number of ether oxygens (including phenoxy) is 3. The van der Waals surface area contributed by atoms with Crippen LogP contribution in [0.15, 0.2) is 72.8 Å². The number of halogens is 3. The van der Waals surface area contributed by atoms with Crippen LogP contribution in [0, 0.1) is 0 Å². The van der Waals surface area contributed by atoms with E-state index in [0.29, 0.717) is 36.6 Å². The first kappa shape index (κ1) is 43.3. The van der Waals surface area contributed by atoms with Gasteiger partial charge in [-0.2, -0.15) is 13.2 Å². The number of carboxylic acid groups (broad SMARTS) is 1. The highest BCUT2D eigenvalue weighted by Crippen LogP contribution is 2.45. The number of benzene rings is 3. The molecule has 1 N–H and O–H groups in total. The van der Waals surface area contributed by atoms with E-state index in [1.54, 1.807) is 89.2 Å². The van der Waals surface area contributed by atoms with Crippen LogP contribution in [0.2, 0.25) is 0 Å². The molecule has 0 saturated carbocycles. The van der Waals surface area contributed by atoms with Gasteiger partial charge >= 0.3 is 24.3 Å². The van der Waals surface area contributed by atoms with Crippen molar-refractivity contribution < 1.29 is 56.5 Å². The summed E-state index contributed by atoms with van der Waals surface area (Å²) >= 11 is 0. The molecule has 2 aliphatic heterocycles. The van der Waals surface area contributed by atoms with Crippen LogP contribution < -0.4 is 9.64 Å². The van der Waals surface area contributed by atoms with E-state index in [4.69, 9.17) is 14.2 Å². The molecule has 2 aliphatic rings.